The molecule has 0 unspecified atom stereocenters. The van der Waals surface area contributed by atoms with Crippen LogP contribution in [0, 0.1) is 0 Å². The van der Waals surface area contributed by atoms with E-state index in [0.29, 0.717) is 17.5 Å². The zero-order valence-electron chi connectivity index (χ0n) is 25.2. The number of hydrogen-bond acceptors (Lipinski definition) is 5. The lowest BCUT2D eigenvalue weighted by Crippen LogP contribution is -2.00. The first-order valence-corrected chi connectivity index (χ1v) is 15.5. The molecule has 0 bridgehead atoms. The van der Waals surface area contributed by atoms with Gasteiger partial charge in [-0.3, -0.25) is 4.98 Å². The van der Waals surface area contributed by atoms with Crippen LogP contribution in [0.2, 0.25) is 0 Å². The van der Waals surface area contributed by atoms with Crippen molar-refractivity contribution in [1.82, 2.24) is 19.9 Å². The number of nitrogens with zero attached hydrogens (tertiary/aromatic N) is 4. The fraction of sp³-hybridized carbons (Fsp3) is 0. The molecule has 5 heteroatoms. The maximum atomic E-state index is 6.76. The molecule has 0 aliphatic rings. The van der Waals surface area contributed by atoms with E-state index in [2.05, 4.69) is 77.8 Å². The molecule has 0 saturated carbocycles. The third-order valence-corrected chi connectivity index (χ3v) is 8.62. The quantitative estimate of drug-likeness (QED) is 0.196. The number of furan rings is 1. The van der Waals surface area contributed by atoms with Gasteiger partial charge in [-0.25, -0.2) is 15.0 Å². The van der Waals surface area contributed by atoms with E-state index < -0.39 is 0 Å². The molecule has 5 nitrogen and oxygen atoms in total. The Morgan fingerprint density at radius 2 is 0.979 bits per heavy atom. The van der Waals surface area contributed by atoms with Crippen LogP contribution in [0.25, 0.3) is 89.1 Å². The van der Waals surface area contributed by atoms with Gasteiger partial charge >= 0.3 is 0 Å². The molecule has 6 aromatic carbocycles. The van der Waals surface area contributed by atoms with Crippen LogP contribution in [0.3, 0.4) is 0 Å². The zero-order chi connectivity index (χ0) is 31.2. The highest BCUT2D eigenvalue weighted by atomic mass is 16.3. The van der Waals surface area contributed by atoms with Crippen molar-refractivity contribution in [2.75, 3.05) is 0 Å². The van der Waals surface area contributed by atoms with Crippen molar-refractivity contribution in [2.45, 2.75) is 0 Å². The second kappa shape index (κ2) is 11.2. The van der Waals surface area contributed by atoms with Gasteiger partial charge in [0.15, 0.2) is 17.5 Å². The maximum Gasteiger partial charge on any atom is 0.164 e. The Kier molecular flexibility index (Phi) is 6.39. The van der Waals surface area contributed by atoms with Crippen molar-refractivity contribution in [2.24, 2.45) is 0 Å². The number of hydrogen-bond donors (Lipinski definition) is 0. The summed E-state index contributed by atoms with van der Waals surface area (Å²) >= 11 is 0. The van der Waals surface area contributed by atoms with E-state index in [0.717, 1.165) is 66.1 Å². The van der Waals surface area contributed by atoms with E-state index in [1.165, 1.54) is 5.56 Å². The van der Waals surface area contributed by atoms with Crippen molar-refractivity contribution in [3.63, 3.8) is 0 Å². The molecule has 0 radical (unpaired) electrons. The average molecular weight is 603 g/mol. The van der Waals surface area contributed by atoms with Crippen LogP contribution in [-0.4, -0.2) is 19.9 Å². The third kappa shape index (κ3) is 4.82. The molecule has 0 aliphatic heterocycles. The predicted molar refractivity (Wildman–Crippen MR) is 190 cm³/mol. The normalized spacial score (nSPS) is 11.4. The van der Waals surface area contributed by atoms with Gasteiger partial charge < -0.3 is 4.42 Å². The molecule has 0 amide bonds. The van der Waals surface area contributed by atoms with E-state index >= 15 is 0 Å². The number of aromatic nitrogens is 4. The topological polar surface area (TPSA) is 64.7 Å². The van der Waals surface area contributed by atoms with Gasteiger partial charge in [0.25, 0.3) is 0 Å². The fourth-order valence-electron chi connectivity index (χ4n) is 6.28. The SMILES string of the molecule is c1ccc(-c2ccc(-c3ccc(-c4nc(-c5ccccc5)nc(-c5ccccc5)n4)c4c3oc3cc5ccncc5cc34)cc2)cc1. The molecular weight excluding hydrogens is 576 g/mol. The summed E-state index contributed by atoms with van der Waals surface area (Å²) in [4.78, 5) is 19.4. The van der Waals surface area contributed by atoms with Gasteiger partial charge in [0.05, 0.1) is 0 Å². The van der Waals surface area contributed by atoms with E-state index in [4.69, 9.17) is 19.4 Å². The average Bonchev–Trinajstić information content (AvgIpc) is 3.53. The van der Waals surface area contributed by atoms with E-state index in [1.54, 1.807) is 0 Å². The first kappa shape index (κ1) is 26.9. The lowest BCUT2D eigenvalue weighted by atomic mass is 9.96. The summed E-state index contributed by atoms with van der Waals surface area (Å²) in [6.07, 6.45) is 3.70. The largest absolute Gasteiger partial charge is 0.455 e. The van der Waals surface area contributed by atoms with Gasteiger partial charge in [0, 0.05) is 50.8 Å². The number of pyridine rings is 1. The molecule has 9 rings (SSSR count). The summed E-state index contributed by atoms with van der Waals surface area (Å²) in [5.74, 6) is 1.82. The third-order valence-electron chi connectivity index (χ3n) is 8.62. The van der Waals surface area contributed by atoms with Crippen molar-refractivity contribution in [3.8, 4) is 56.4 Å². The lowest BCUT2D eigenvalue weighted by Gasteiger charge is -2.11. The van der Waals surface area contributed by atoms with Crippen LogP contribution >= 0.6 is 0 Å². The molecule has 9 aromatic rings. The summed E-state index contributed by atoms with van der Waals surface area (Å²) in [5.41, 5.74) is 8.73. The minimum atomic E-state index is 0.586. The molecule has 3 aromatic heterocycles. The van der Waals surface area contributed by atoms with Crippen LogP contribution in [0.1, 0.15) is 0 Å². The van der Waals surface area contributed by atoms with E-state index in [-0.39, 0.29) is 0 Å². The zero-order valence-corrected chi connectivity index (χ0v) is 25.2. The summed E-state index contributed by atoms with van der Waals surface area (Å²) in [6.45, 7) is 0. The van der Waals surface area contributed by atoms with E-state index in [9.17, 15) is 0 Å². The van der Waals surface area contributed by atoms with Gasteiger partial charge in [-0.2, -0.15) is 0 Å². The van der Waals surface area contributed by atoms with Gasteiger partial charge in [-0.15, -0.1) is 0 Å². The fourth-order valence-corrected chi connectivity index (χ4v) is 6.28. The molecule has 0 saturated heterocycles. The van der Waals surface area contributed by atoms with Crippen molar-refractivity contribution in [3.05, 3.63) is 158 Å². The lowest BCUT2D eigenvalue weighted by molar-refractivity contribution is 0.670. The molecule has 0 atom stereocenters. The Bertz CT molecular complexity index is 2490. The summed E-state index contributed by atoms with van der Waals surface area (Å²) in [5, 5.41) is 4.05. The maximum absolute atomic E-state index is 6.76. The molecule has 3 heterocycles. The predicted octanol–water partition coefficient (Wildman–Crippen LogP) is 10.7. The monoisotopic (exact) mass is 602 g/mol. The van der Waals surface area contributed by atoms with Crippen LogP contribution in [0.15, 0.2) is 162 Å². The Morgan fingerprint density at radius 3 is 1.64 bits per heavy atom. The first-order chi connectivity index (χ1) is 23.3. The Balaban J connectivity index is 1.30. The molecule has 0 aliphatic carbocycles. The Morgan fingerprint density at radius 1 is 0.426 bits per heavy atom. The highest BCUT2D eigenvalue weighted by Crippen LogP contribution is 2.43. The summed E-state index contributed by atoms with van der Waals surface area (Å²) < 4.78 is 6.76. The molecule has 0 N–H and O–H groups in total. The molecule has 220 valence electrons. The number of fused-ring (bicyclic) bond motifs is 4. The van der Waals surface area contributed by atoms with Gasteiger partial charge in [0.2, 0.25) is 0 Å². The van der Waals surface area contributed by atoms with Crippen LogP contribution in [0.5, 0.6) is 0 Å². The van der Waals surface area contributed by atoms with Crippen LogP contribution < -0.4 is 0 Å². The minimum Gasteiger partial charge on any atom is -0.455 e. The molecule has 47 heavy (non-hydrogen) atoms. The highest BCUT2D eigenvalue weighted by Gasteiger charge is 2.21. The molecule has 0 spiro atoms. The Hall–Kier alpha value is -6.46. The second-order valence-corrected chi connectivity index (χ2v) is 11.5. The van der Waals surface area contributed by atoms with Gasteiger partial charge in [-0.05, 0) is 52.4 Å². The van der Waals surface area contributed by atoms with Crippen LogP contribution in [0.4, 0.5) is 0 Å². The molecule has 0 fully saturated rings. The van der Waals surface area contributed by atoms with Crippen molar-refractivity contribution >= 4 is 32.7 Å². The number of benzene rings is 6. The highest BCUT2D eigenvalue weighted by molar-refractivity contribution is 6.18. The summed E-state index contributed by atoms with van der Waals surface area (Å²) in [7, 11) is 0. The van der Waals surface area contributed by atoms with Gasteiger partial charge in [0.1, 0.15) is 11.2 Å². The summed E-state index contributed by atoms with van der Waals surface area (Å²) in [6, 6.07) is 49.7. The smallest absolute Gasteiger partial charge is 0.164 e. The van der Waals surface area contributed by atoms with Crippen LogP contribution in [-0.2, 0) is 0 Å². The van der Waals surface area contributed by atoms with Gasteiger partial charge in [-0.1, -0.05) is 115 Å². The second-order valence-electron chi connectivity index (χ2n) is 11.5. The Labute approximate surface area is 270 Å². The number of rotatable bonds is 5. The van der Waals surface area contributed by atoms with Crippen molar-refractivity contribution in [1.29, 1.82) is 0 Å². The minimum absolute atomic E-state index is 0.586. The molecular formula is C42H26N4O. The first-order valence-electron chi connectivity index (χ1n) is 15.5. The van der Waals surface area contributed by atoms with Crippen molar-refractivity contribution < 1.29 is 4.42 Å². The van der Waals surface area contributed by atoms with E-state index in [1.807, 2.05) is 85.2 Å². The standard InChI is InChI=1S/C42H26N4O/c1-4-10-27(11-5-1)28-16-18-29(19-17-28)34-20-21-35(38-36-24-33-26-43-23-22-32(33)25-37(36)47-39(34)38)42-45-40(30-12-6-2-7-13-30)44-41(46-42)31-14-8-3-9-15-31/h1-26H.